The van der Waals surface area contributed by atoms with Crippen molar-refractivity contribution in [2.75, 3.05) is 6.61 Å². The number of ether oxygens (including phenoxy) is 3. The van der Waals surface area contributed by atoms with E-state index in [4.69, 9.17) is 30.2 Å². The summed E-state index contributed by atoms with van der Waals surface area (Å²) in [4.78, 5) is 16.1. The maximum Gasteiger partial charge on any atom is 0.400 e. The van der Waals surface area contributed by atoms with E-state index in [-0.39, 0.29) is 12.0 Å². The minimum Gasteiger partial charge on any atom is -0.479 e. The number of carbonyl (C=O) groups excluding carboxylic acids is 1. The summed E-state index contributed by atoms with van der Waals surface area (Å²) in [7, 11) is 0. The molecule has 2 aromatic carbocycles. The van der Waals surface area contributed by atoms with Gasteiger partial charge in [-0.25, -0.2) is 4.79 Å². The van der Waals surface area contributed by atoms with Gasteiger partial charge in [-0.2, -0.15) is 4.98 Å². The fraction of sp³-hybridized carbons (Fsp3) is 0.300. The third-order valence-electron chi connectivity index (χ3n) is 3.56. The molecule has 3 rings (SSSR count). The maximum absolute atomic E-state index is 11.9. The summed E-state index contributed by atoms with van der Waals surface area (Å²) < 4.78 is 21.9. The standard InChI is InChI=1S/C20H20ClNO5/c1-12(2)11-24-19(23)13(3)25-15-5-7-16(8-6-15)26-20-22-17-9-4-14(21)10-18(17)27-20/h4-10,12-13H,11H2,1-3H3/t13-/m1/s1. The van der Waals surface area contributed by atoms with Crippen molar-refractivity contribution in [3.63, 3.8) is 0 Å². The molecule has 1 aromatic heterocycles. The lowest BCUT2D eigenvalue weighted by molar-refractivity contribution is -0.152. The van der Waals surface area contributed by atoms with Crippen LogP contribution in [0, 0.1) is 5.92 Å². The lowest BCUT2D eigenvalue weighted by Gasteiger charge is -2.15. The molecule has 27 heavy (non-hydrogen) atoms. The molecule has 1 heterocycles. The Bertz CT molecular complexity index is 920. The van der Waals surface area contributed by atoms with Crippen molar-refractivity contribution in [1.29, 1.82) is 0 Å². The number of hydrogen-bond donors (Lipinski definition) is 0. The highest BCUT2D eigenvalue weighted by molar-refractivity contribution is 6.31. The minimum absolute atomic E-state index is 0.117. The highest BCUT2D eigenvalue weighted by Crippen LogP contribution is 2.28. The highest BCUT2D eigenvalue weighted by atomic mass is 35.5. The van der Waals surface area contributed by atoms with Crippen molar-refractivity contribution >= 4 is 28.7 Å². The van der Waals surface area contributed by atoms with Gasteiger partial charge in [-0.15, -0.1) is 0 Å². The summed E-state index contributed by atoms with van der Waals surface area (Å²) >= 11 is 5.93. The maximum atomic E-state index is 11.9. The van der Waals surface area contributed by atoms with Gasteiger partial charge in [0.15, 0.2) is 11.7 Å². The van der Waals surface area contributed by atoms with Crippen LogP contribution >= 0.6 is 11.6 Å². The Labute approximate surface area is 162 Å². The molecule has 1 atom stereocenters. The first kappa shape index (κ1) is 19.0. The van der Waals surface area contributed by atoms with Crippen molar-refractivity contribution in [3.8, 4) is 17.6 Å². The average molecular weight is 390 g/mol. The average Bonchev–Trinajstić information content (AvgIpc) is 3.02. The molecule has 0 fully saturated rings. The number of benzene rings is 2. The van der Waals surface area contributed by atoms with E-state index in [9.17, 15) is 4.79 Å². The third kappa shape index (κ3) is 5.14. The van der Waals surface area contributed by atoms with Crippen molar-refractivity contribution in [3.05, 3.63) is 47.5 Å². The topological polar surface area (TPSA) is 70.8 Å². The van der Waals surface area contributed by atoms with Crippen LogP contribution in [0.1, 0.15) is 20.8 Å². The predicted octanol–water partition coefficient (Wildman–Crippen LogP) is 5.24. The van der Waals surface area contributed by atoms with E-state index in [0.29, 0.717) is 34.2 Å². The van der Waals surface area contributed by atoms with Crippen LogP contribution in [0.5, 0.6) is 17.6 Å². The molecule has 142 valence electrons. The van der Waals surface area contributed by atoms with Crippen LogP contribution in [-0.2, 0) is 9.53 Å². The van der Waals surface area contributed by atoms with E-state index in [1.54, 1.807) is 49.4 Å². The predicted molar refractivity (Wildman–Crippen MR) is 101 cm³/mol. The van der Waals surface area contributed by atoms with Gasteiger partial charge in [0.1, 0.15) is 17.0 Å². The number of halogens is 1. The molecule has 0 radical (unpaired) electrons. The molecule has 7 heteroatoms. The summed E-state index contributed by atoms with van der Waals surface area (Å²) in [6.45, 7) is 5.97. The number of esters is 1. The second-order valence-electron chi connectivity index (χ2n) is 6.45. The van der Waals surface area contributed by atoms with E-state index < -0.39 is 12.1 Å². The zero-order valence-corrected chi connectivity index (χ0v) is 16.0. The number of hydrogen-bond acceptors (Lipinski definition) is 6. The number of fused-ring (bicyclic) bond motifs is 1. The SMILES string of the molecule is CC(C)COC(=O)[C@@H](C)Oc1ccc(Oc2nc3ccc(Cl)cc3o2)cc1. The van der Waals surface area contributed by atoms with E-state index in [0.717, 1.165) is 0 Å². The Morgan fingerprint density at radius 1 is 1.11 bits per heavy atom. The van der Waals surface area contributed by atoms with Crippen LogP contribution in [0.25, 0.3) is 11.1 Å². The Balaban J connectivity index is 1.60. The molecular formula is C20H20ClNO5. The van der Waals surface area contributed by atoms with Crippen molar-refractivity contribution in [2.24, 2.45) is 5.92 Å². The van der Waals surface area contributed by atoms with Crippen molar-refractivity contribution in [2.45, 2.75) is 26.9 Å². The van der Waals surface area contributed by atoms with Gasteiger partial charge in [0.2, 0.25) is 0 Å². The van der Waals surface area contributed by atoms with Gasteiger partial charge in [-0.05, 0) is 49.2 Å². The van der Waals surface area contributed by atoms with Crippen LogP contribution < -0.4 is 9.47 Å². The van der Waals surface area contributed by atoms with Crippen LogP contribution in [-0.4, -0.2) is 23.7 Å². The van der Waals surface area contributed by atoms with Gasteiger partial charge in [0.05, 0.1) is 6.61 Å². The van der Waals surface area contributed by atoms with Crippen molar-refractivity contribution < 1.29 is 23.4 Å². The molecule has 0 aliphatic carbocycles. The Morgan fingerprint density at radius 2 is 1.81 bits per heavy atom. The molecule has 3 aromatic rings. The van der Waals surface area contributed by atoms with Crippen LogP contribution in [0.15, 0.2) is 46.9 Å². The van der Waals surface area contributed by atoms with Gasteiger partial charge in [0.25, 0.3) is 0 Å². The number of oxazole rings is 1. The second-order valence-corrected chi connectivity index (χ2v) is 6.89. The summed E-state index contributed by atoms with van der Waals surface area (Å²) in [5, 5.41) is 0.563. The normalized spacial score (nSPS) is 12.2. The number of nitrogens with zero attached hydrogens (tertiary/aromatic N) is 1. The summed E-state index contributed by atoms with van der Waals surface area (Å²) in [5.74, 6) is 0.936. The van der Waals surface area contributed by atoms with Crippen LogP contribution in [0.2, 0.25) is 5.02 Å². The van der Waals surface area contributed by atoms with Gasteiger partial charge < -0.3 is 18.6 Å². The van der Waals surface area contributed by atoms with Gasteiger partial charge in [-0.1, -0.05) is 25.4 Å². The van der Waals surface area contributed by atoms with Gasteiger partial charge >= 0.3 is 12.0 Å². The molecule has 0 spiro atoms. The molecule has 0 aliphatic heterocycles. The monoisotopic (exact) mass is 389 g/mol. The lowest BCUT2D eigenvalue weighted by Crippen LogP contribution is -2.27. The fourth-order valence-electron chi connectivity index (χ4n) is 2.23. The molecule has 6 nitrogen and oxygen atoms in total. The number of rotatable bonds is 7. The minimum atomic E-state index is -0.697. The van der Waals surface area contributed by atoms with Crippen LogP contribution in [0.4, 0.5) is 0 Å². The molecule has 0 saturated heterocycles. The zero-order valence-electron chi connectivity index (χ0n) is 15.3. The summed E-state index contributed by atoms with van der Waals surface area (Å²) in [6.07, 6.45) is -0.580. The van der Waals surface area contributed by atoms with Crippen LogP contribution in [0.3, 0.4) is 0 Å². The van der Waals surface area contributed by atoms with Crippen molar-refractivity contribution in [1.82, 2.24) is 4.98 Å². The largest absolute Gasteiger partial charge is 0.479 e. The van der Waals surface area contributed by atoms with E-state index in [1.165, 1.54) is 0 Å². The molecule has 0 saturated carbocycles. The summed E-state index contributed by atoms with van der Waals surface area (Å²) in [6, 6.07) is 11.9. The third-order valence-corrected chi connectivity index (χ3v) is 3.80. The Kier molecular flexibility index (Phi) is 5.86. The Hall–Kier alpha value is -2.73. The lowest BCUT2D eigenvalue weighted by atomic mass is 10.2. The fourth-order valence-corrected chi connectivity index (χ4v) is 2.39. The second kappa shape index (κ2) is 8.31. The first-order valence-electron chi connectivity index (χ1n) is 8.58. The Morgan fingerprint density at radius 3 is 2.52 bits per heavy atom. The number of carbonyl (C=O) groups is 1. The first-order chi connectivity index (χ1) is 12.9. The zero-order chi connectivity index (χ0) is 19.4. The molecule has 0 N–H and O–H groups in total. The number of aromatic nitrogens is 1. The summed E-state index contributed by atoms with van der Waals surface area (Å²) in [5.41, 5.74) is 1.20. The quantitative estimate of drug-likeness (QED) is 0.514. The molecule has 0 bridgehead atoms. The highest BCUT2D eigenvalue weighted by Gasteiger charge is 2.17. The molecule has 0 aliphatic rings. The molecule has 0 amide bonds. The first-order valence-corrected chi connectivity index (χ1v) is 8.96. The molecule has 0 unspecified atom stereocenters. The van der Waals surface area contributed by atoms with Gasteiger partial charge in [0, 0.05) is 11.1 Å². The molecular weight excluding hydrogens is 370 g/mol. The van der Waals surface area contributed by atoms with E-state index >= 15 is 0 Å². The smallest absolute Gasteiger partial charge is 0.400 e. The van der Waals surface area contributed by atoms with E-state index in [1.807, 2.05) is 13.8 Å². The van der Waals surface area contributed by atoms with Gasteiger partial charge in [-0.3, -0.25) is 0 Å². The van der Waals surface area contributed by atoms with E-state index in [2.05, 4.69) is 4.98 Å².